The van der Waals surface area contributed by atoms with Crippen molar-refractivity contribution in [2.75, 3.05) is 7.11 Å². The molecule has 2 unspecified atom stereocenters. The first kappa shape index (κ1) is 20.8. The van der Waals surface area contributed by atoms with E-state index in [-0.39, 0.29) is 17.3 Å². The van der Waals surface area contributed by atoms with E-state index in [4.69, 9.17) is 16.3 Å². The molecule has 0 aromatic heterocycles. The summed E-state index contributed by atoms with van der Waals surface area (Å²) in [5.41, 5.74) is -0.329. The smallest absolute Gasteiger partial charge is 0.310 e. The van der Waals surface area contributed by atoms with E-state index < -0.39 is 52.8 Å². The van der Waals surface area contributed by atoms with Crippen LogP contribution in [0.25, 0.3) is 0 Å². The maximum Gasteiger partial charge on any atom is 0.310 e. The van der Waals surface area contributed by atoms with Gasteiger partial charge in [0.1, 0.15) is 6.61 Å². The molecule has 0 amide bonds. The lowest BCUT2D eigenvalue weighted by Crippen LogP contribution is -2.13. The first-order chi connectivity index (χ1) is 12.0. The van der Waals surface area contributed by atoms with Crippen LogP contribution in [0, 0.1) is 34.7 Å². The van der Waals surface area contributed by atoms with E-state index in [1.807, 2.05) is 33.8 Å². The summed E-state index contributed by atoms with van der Waals surface area (Å²) in [6.07, 6.45) is 1.98. The normalized spacial score (nSPS) is 20.7. The first-order valence-electron chi connectivity index (χ1n) is 8.18. The van der Waals surface area contributed by atoms with Gasteiger partial charge in [-0.15, -0.1) is 0 Å². The molecule has 1 aliphatic carbocycles. The summed E-state index contributed by atoms with van der Waals surface area (Å²) in [5, 5.41) is -0.611. The molecule has 0 aliphatic heterocycles. The lowest BCUT2D eigenvalue weighted by Gasteiger charge is -2.13. The lowest BCUT2D eigenvalue weighted by molar-refractivity contribution is -0.147. The second-order valence-electron chi connectivity index (χ2n) is 7.32. The van der Waals surface area contributed by atoms with Crippen molar-refractivity contribution in [2.24, 2.45) is 17.3 Å². The van der Waals surface area contributed by atoms with Crippen molar-refractivity contribution in [2.45, 2.75) is 40.9 Å². The highest BCUT2D eigenvalue weighted by molar-refractivity contribution is 6.31. The molecule has 144 valence electrons. The first-order valence-corrected chi connectivity index (χ1v) is 8.56. The highest BCUT2D eigenvalue weighted by Crippen LogP contribution is 2.59. The molecule has 1 fully saturated rings. The van der Waals surface area contributed by atoms with Gasteiger partial charge in [0.25, 0.3) is 0 Å². The SMILES string of the molecule is COCc1c(F)c(F)c(COC(=O)C2C(C=C(C)C)C2(C)C)c(Cl)c1F. The molecular formula is C19H22ClF3O3. The Bertz CT molecular complexity index is 726. The molecule has 0 bridgehead atoms. The van der Waals surface area contributed by atoms with E-state index in [1.165, 1.54) is 7.11 Å². The fourth-order valence-corrected chi connectivity index (χ4v) is 3.40. The van der Waals surface area contributed by atoms with Crippen molar-refractivity contribution in [3.8, 4) is 0 Å². The van der Waals surface area contributed by atoms with Gasteiger partial charge in [0.15, 0.2) is 17.5 Å². The van der Waals surface area contributed by atoms with Crippen molar-refractivity contribution < 1.29 is 27.4 Å². The van der Waals surface area contributed by atoms with Crippen LogP contribution < -0.4 is 0 Å². The Labute approximate surface area is 156 Å². The zero-order valence-corrected chi connectivity index (χ0v) is 16.1. The molecule has 0 saturated heterocycles. The van der Waals surface area contributed by atoms with Crippen molar-refractivity contribution >= 4 is 17.6 Å². The van der Waals surface area contributed by atoms with Crippen LogP contribution in [0.15, 0.2) is 11.6 Å². The van der Waals surface area contributed by atoms with E-state index in [9.17, 15) is 18.0 Å². The average molecular weight is 391 g/mol. The lowest BCUT2D eigenvalue weighted by atomic mass is 10.1. The molecule has 0 heterocycles. The molecule has 1 aromatic carbocycles. The zero-order chi connectivity index (χ0) is 19.8. The number of allylic oxidation sites excluding steroid dienone is 2. The molecule has 0 radical (unpaired) electrons. The number of benzene rings is 1. The second kappa shape index (κ2) is 7.61. The second-order valence-corrected chi connectivity index (χ2v) is 7.70. The topological polar surface area (TPSA) is 35.5 Å². The molecule has 1 aromatic rings. The summed E-state index contributed by atoms with van der Waals surface area (Å²) in [7, 11) is 1.22. The number of hydrogen-bond acceptors (Lipinski definition) is 3. The Morgan fingerprint density at radius 3 is 2.23 bits per heavy atom. The van der Waals surface area contributed by atoms with E-state index >= 15 is 0 Å². The predicted octanol–water partition coefficient (Wildman–Crippen LogP) is 5.19. The van der Waals surface area contributed by atoms with Gasteiger partial charge in [-0.2, -0.15) is 0 Å². The summed E-state index contributed by atoms with van der Waals surface area (Å²) < 4.78 is 52.1. The van der Waals surface area contributed by atoms with Gasteiger partial charge in [0, 0.05) is 12.7 Å². The monoisotopic (exact) mass is 390 g/mol. The molecule has 3 nitrogen and oxygen atoms in total. The third-order valence-corrected chi connectivity index (χ3v) is 5.16. The van der Waals surface area contributed by atoms with Gasteiger partial charge < -0.3 is 9.47 Å². The standard InChI is InChI=1S/C19H22ClF3O3/c1-9(2)6-12-13(19(12,3)4)18(24)26-8-10-14(20)15(21)11(7-25-5)17(23)16(10)22/h6,12-13H,7-8H2,1-5H3. The van der Waals surface area contributed by atoms with Gasteiger partial charge >= 0.3 is 5.97 Å². The van der Waals surface area contributed by atoms with Gasteiger partial charge in [-0.3, -0.25) is 4.79 Å². The van der Waals surface area contributed by atoms with Crippen LogP contribution in [-0.4, -0.2) is 13.1 Å². The van der Waals surface area contributed by atoms with Crippen molar-refractivity contribution in [3.63, 3.8) is 0 Å². The van der Waals surface area contributed by atoms with Gasteiger partial charge in [0.2, 0.25) is 0 Å². The van der Waals surface area contributed by atoms with Gasteiger partial charge in [-0.1, -0.05) is 37.1 Å². The maximum atomic E-state index is 14.2. The third kappa shape index (κ3) is 3.76. The fourth-order valence-electron chi connectivity index (χ4n) is 3.15. The Balaban J connectivity index is 2.18. The molecule has 26 heavy (non-hydrogen) atoms. The molecule has 1 saturated carbocycles. The minimum absolute atomic E-state index is 0.0119. The molecule has 2 rings (SSSR count). The number of methoxy groups -OCH3 is 1. The quantitative estimate of drug-likeness (QED) is 0.381. The third-order valence-electron chi connectivity index (χ3n) is 4.77. The number of esters is 1. The molecule has 2 atom stereocenters. The van der Waals surface area contributed by atoms with Crippen LogP contribution in [0.5, 0.6) is 0 Å². The highest BCUT2D eigenvalue weighted by Gasteiger charge is 2.61. The Kier molecular flexibility index (Phi) is 6.08. The van der Waals surface area contributed by atoms with Crippen molar-refractivity contribution in [3.05, 3.63) is 45.3 Å². The number of halogens is 4. The van der Waals surface area contributed by atoms with Crippen molar-refractivity contribution in [1.82, 2.24) is 0 Å². The van der Waals surface area contributed by atoms with Crippen LogP contribution in [0.4, 0.5) is 13.2 Å². The summed E-state index contributed by atoms with van der Waals surface area (Å²) in [6, 6.07) is 0. The molecule has 1 aliphatic rings. The van der Waals surface area contributed by atoms with Crippen LogP contribution in [0.3, 0.4) is 0 Å². The number of ether oxygens (including phenoxy) is 2. The highest BCUT2D eigenvalue weighted by atomic mass is 35.5. The predicted molar refractivity (Wildman–Crippen MR) is 92.0 cm³/mol. The van der Waals surface area contributed by atoms with E-state index in [1.54, 1.807) is 0 Å². The van der Waals surface area contributed by atoms with E-state index in [0.717, 1.165) is 5.57 Å². The summed E-state index contributed by atoms with van der Waals surface area (Å²) >= 11 is 5.81. The molecular weight excluding hydrogens is 369 g/mol. The molecule has 7 heteroatoms. The Morgan fingerprint density at radius 1 is 1.12 bits per heavy atom. The molecule has 0 N–H and O–H groups in total. The van der Waals surface area contributed by atoms with Gasteiger partial charge in [0.05, 0.1) is 23.1 Å². The summed E-state index contributed by atoms with van der Waals surface area (Å²) in [5.74, 6) is -4.77. The fraction of sp³-hybridized carbons (Fsp3) is 0.526. The largest absolute Gasteiger partial charge is 0.460 e. The van der Waals surface area contributed by atoms with Crippen LogP contribution >= 0.6 is 11.6 Å². The average Bonchev–Trinajstić information content (AvgIpc) is 3.09. The van der Waals surface area contributed by atoms with Crippen LogP contribution in [0.1, 0.15) is 38.8 Å². The number of hydrogen-bond donors (Lipinski definition) is 0. The van der Waals surface area contributed by atoms with E-state index in [0.29, 0.717) is 0 Å². The zero-order valence-electron chi connectivity index (χ0n) is 15.4. The summed E-state index contributed by atoms with van der Waals surface area (Å²) in [6.45, 7) is 6.61. The maximum absolute atomic E-state index is 14.2. The van der Waals surface area contributed by atoms with Gasteiger partial charge in [-0.25, -0.2) is 13.2 Å². The Hall–Kier alpha value is -1.53. The van der Waals surface area contributed by atoms with Crippen LogP contribution in [-0.2, 0) is 27.5 Å². The van der Waals surface area contributed by atoms with E-state index in [2.05, 4.69) is 4.74 Å². The minimum atomic E-state index is -1.39. The molecule has 0 spiro atoms. The summed E-state index contributed by atoms with van der Waals surface area (Å²) in [4.78, 5) is 12.3. The number of carbonyl (C=O) groups excluding carboxylic acids is 1. The minimum Gasteiger partial charge on any atom is -0.460 e. The Morgan fingerprint density at radius 2 is 1.69 bits per heavy atom. The van der Waals surface area contributed by atoms with Crippen LogP contribution in [0.2, 0.25) is 5.02 Å². The van der Waals surface area contributed by atoms with Crippen molar-refractivity contribution in [1.29, 1.82) is 0 Å². The number of carbonyl (C=O) groups is 1. The van der Waals surface area contributed by atoms with Gasteiger partial charge in [-0.05, 0) is 25.2 Å². The number of rotatable bonds is 6.